The molecule has 2 fully saturated rings. The van der Waals surface area contributed by atoms with Crippen LogP contribution in [0.3, 0.4) is 0 Å². The highest BCUT2D eigenvalue weighted by Crippen LogP contribution is 2.48. The van der Waals surface area contributed by atoms with Gasteiger partial charge in [-0.15, -0.1) is 0 Å². The van der Waals surface area contributed by atoms with Gasteiger partial charge in [0.1, 0.15) is 5.72 Å². The van der Waals surface area contributed by atoms with Crippen molar-refractivity contribution in [3.05, 3.63) is 0 Å². The first-order valence-electron chi connectivity index (χ1n) is 7.87. The van der Waals surface area contributed by atoms with Gasteiger partial charge in [0.2, 0.25) is 5.91 Å². The smallest absolute Gasteiger partial charge is 0.233 e. The topological polar surface area (TPSA) is 38.8 Å². The van der Waals surface area contributed by atoms with E-state index in [0.29, 0.717) is 6.61 Å². The summed E-state index contributed by atoms with van der Waals surface area (Å²) in [5.74, 6) is 0.152. The van der Waals surface area contributed by atoms with Crippen molar-refractivity contribution in [2.24, 2.45) is 5.41 Å². The number of nitrogens with zero attached hydrogens (tertiary/aromatic N) is 1. The van der Waals surface area contributed by atoms with Gasteiger partial charge in [0.05, 0.1) is 24.2 Å². The minimum Gasteiger partial charge on any atom is -0.411 e. The molecule has 0 radical (unpaired) electrons. The maximum Gasteiger partial charge on any atom is 0.233 e. The lowest BCUT2D eigenvalue weighted by molar-refractivity contribution is -0.149. The molecule has 0 bridgehead atoms. The largest absolute Gasteiger partial charge is 0.411 e. The zero-order valence-corrected chi connectivity index (χ0v) is 16.0. The van der Waals surface area contributed by atoms with Crippen LogP contribution in [0.4, 0.5) is 0 Å². The number of ether oxygens (including phenoxy) is 1. The maximum absolute atomic E-state index is 12.9. The predicted octanol–water partition coefficient (Wildman–Crippen LogP) is 3.38. The number of hydrogen-bond acceptors (Lipinski definition) is 3. The monoisotopic (exact) mass is 313 g/mol. The second-order valence-corrected chi connectivity index (χ2v) is 13.8. The van der Waals surface area contributed by atoms with E-state index in [1.165, 1.54) is 0 Å². The Bertz CT molecular complexity index is 451. The van der Waals surface area contributed by atoms with Crippen LogP contribution >= 0.6 is 0 Å². The molecule has 2 aliphatic rings. The maximum atomic E-state index is 12.9. The lowest BCUT2D eigenvalue weighted by Gasteiger charge is -2.41. The minimum atomic E-state index is -1.93. The first-order chi connectivity index (χ1) is 9.22. The number of amides is 1. The third-order valence-electron chi connectivity index (χ3n) is 5.58. The Hall–Kier alpha value is -0.393. The molecule has 2 rings (SSSR count). The summed E-state index contributed by atoms with van der Waals surface area (Å²) >= 11 is 0. The van der Waals surface area contributed by atoms with E-state index in [-0.39, 0.29) is 23.1 Å². The molecule has 2 saturated heterocycles. The Labute approximate surface area is 130 Å². The van der Waals surface area contributed by atoms with Crippen molar-refractivity contribution in [2.45, 2.75) is 84.5 Å². The van der Waals surface area contributed by atoms with Gasteiger partial charge in [0.15, 0.2) is 8.32 Å². The van der Waals surface area contributed by atoms with Crippen LogP contribution in [-0.4, -0.2) is 43.6 Å². The zero-order chi connectivity index (χ0) is 16.4. The highest BCUT2D eigenvalue weighted by atomic mass is 28.4. The van der Waals surface area contributed by atoms with Crippen LogP contribution in [-0.2, 0) is 14.0 Å². The molecule has 2 atom stereocenters. The van der Waals surface area contributed by atoms with Gasteiger partial charge in [-0.25, -0.2) is 0 Å². The molecule has 0 spiro atoms. The number of rotatable bonds is 2. The van der Waals surface area contributed by atoms with E-state index in [2.05, 4.69) is 33.9 Å². The fraction of sp³-hybridized carbons (Fsp3) is 0.938. The summed E-state index contributed by atoms with van der Waals surface area (Å²) in [6.07, 6.45) is -0.0901. The summed E-state index contributed by atoms with van der Waals surface area (Å²) in [6, 6.07) is 0.0385. The van der Waals surface area contributed by atoms with E-state index in [4.69, 9.17) is 9.16 Å². The molecule has 0 aromatic carbocycles. The molecule has 21 heavy (non-hydrogen) atoms. The molecule has 122 valence electrons. The summed E-state index contributed by atoms with van der Waals surface area (Å²) in [5.41, 5.74) is -1.01. The molecule has 5 heteroatoms. The van der Waals surface area contributed by atoms with Crippen molar-refractivity contribution in [1.82, 2.24) is 4.90 Å². The van der Waals surface area contributed by atoms with Crippen LogP contribution in [0.5, 0.6) is 0 Å². The number of carbonyl (C=O) groups excluding carboxylic acids is 1. The average molecular weight is 314 g/mol. The van der Waals surface area contributed by atoms with E-state index >= 15 is 0 Å². The summed E-state index contributed by atoms with van der Waals surface area (Å²) in [4.78, 5) is 14.8. The SMILES string of the molecule is CC1(C)C(=O)N2[C@@H](COC2(C)C)[C@@H]1O[Si](C)(C)C(C)(C)C. The van der Waals surface area contributed by atoms with E-state index in [0.717, 1.165) is 0 Å². The number of fused-ring (bicyclic) bond motifs is 1. The summed E-state index contributed by atoms with van der Waals surface area (Å²) in [6.45, 7) is 19.7. The van der Waals surface area contributed by atoms with Crippen molar-refractivity contribution >= 4 is 14.2 Å². The van der Waals surface area contributed by atoms with Crippen LogP contribution in [0.15, 0.2) is 0 Å². The molecule has 4 nitrogen and oxygen atoms in total. The average Bonchev–Trinajstić information content (AvgIpc) is 2.67. The molecule has 0 aliphatic carbocycles. The summed E-state index contributed by atoms with van der Waals surface area (Å²) < 4.78 is 12.5. The van der Waals surface area contributed by atoms with Crippen molar-refractivity contribution in [2.75, 3.05) is 6.61 Å². The lowest BCUT2D eigenvalue weighted by atomic mass is 9.87. The highest BCUT2D eigenvalue weighted by molar-refractivity contribution is 6.74. The van der Waals surface area contributed by atoms with E-state index in [9.17, 15) is 4.79 Å². The van der Waals surface area contributed by atoms with Crippen LogP contribution in [0.2, 0.25) is 18.1 Å². The van der Waals surface area contributed by atoms with Crippen LogP contribution in [0.1, 0.15) is 48.5 Å². The zero-order valence-electron chi connectivity index (χ0n) is 15.0. The molecule has 2 heterocycles. The Balaban J connectivity index is 2.34. The normalized spacial score (nSPS) is 31.7. The third kappa shape index (κ3) is 2.47. The lowest BCUT2D eigenvalue weighted by Crippen LogP contribution is -2.50. The second kappa shape index (κ2) is 4.55. The first kappa shape index (κ1) is 17.0. The molecule has 0 saturated carbocycles. The van der Waals surface area contributed by atoms with Crippen LogP contribution in [0.25, 0.3) is 0 Å². The van der Waals surface area contributed by atoms with Gasteiger partial charge in [-0.3, -0.25) is 4.79 Å². The Morgan fingerprint density at radius 3 is 2.24 bits per heavy atom. The summed E-state index contributed by atoms with van der Waals surface area (Å²) in [5, 5.41) is 0.133. The van der Waals surface area contributed by atoms with Gasteiger partial charge in [-0.1, -0.05) is 20.8 Å². The van der Waals surface area contributed by atoms with Crippen molar-refractivity contribution in [3.63, 3.8) is 0 Å². The molecular weight excluding hydrogens is 282 g/mol. The Kier molecular flexibility index (Phi) is 3.68. The van der Waals surface area contributed by atoms with E-state index in [1.54, 1.807) is 0 Å². The molecular formula is C16H31NO3Si. The van der Waals surface area contributed by atoms with Gasteiger partial charge in [0, 0.05) is 0 Å². The van der Waals surface area contributed by atoms with Gasteiger partial charge < -0.3 is 14.1 Å². The quantitative estimate of drug-likeness (QED) is 0.734. The Morgan fingerprint density at radius 1 is 1.24 bits per heavy atom. The minimum absolute atomic E-state index is 0.0385. The first-order valence-corrected chi connectivity index (χ1v) is 10.8. The second-order valence-electron chi connectivity index (χ2n) is 9.02. The molecule has 0 aromatic rings. The molecule has 1 amide bonds. The van der Waals surface area contributed by atoms with Crippen molar-refractivity contribution in [3.8, 4) is 0 Å². The molecule has 0 unspecified atom stereocenters. The van der Waals surface area contributed by atoms with E-state index in [1.807, 2.05) is 32.6 Å². The third-order valence-corrected chi connectivity index (χ3v) is 10.0. The standard InChI is InChI=1S/C16H31NO3Si/c1-14(2,3)21(8,9)20-12-11-10-19-16(6,7)17(11)13(18)15(12,4)5/h11-12H,10H2,1-9H3/t11-,12-/m0/s1. The number of carbonyl (C=O) groups is 1. The molecule has 0 N–H and O–H groups in total. The highest BCUT2D eigenvalue weighted by Gasteiger charge is 2.63. The predicted molar refractivity (Wildman–Crippen MR) is 86.5 cm³/mol. The molecule has 2 aliphatic heterocycles. The van der Waals surface area contributed by atoms with Crippen LogP contribution < -0.4 is 0 Å². The Morgan fingerprint density at radius 2 is 1.76 bits per heavy atom. The van der Waals surface area contributed by atoms with Gasteiger partial charge in [-0.2, -0.15) is 0 Å². The number of hydrogen-bond donors (Lipinski definition) is 0. The molecule has 0 aromatic heterocycles. The van der Waals surface area contributed by atoms with Crippen molar-refractivity contribution in [1.29, 1.82) is 0 Å². The van der Waals surface area contributed by atoms with Gasteiger partial charge in [-0.05, 0) is 45.8 Å². The fourth-order valence-corrected chi connectivity index (χ4v) is 4.52. The van der Waals surface area contributed by atoms with Crippen LogP contribution in [0, 0.1) is 5.41 Å². The van der Waals surface area contributed by atoms with Gasteiger partial charge >= 0.3 is 0 Å². The summed E-state index contributed by atoms with van der Waals surface area (Å²) in [7, 11) is -1.93. The van der Waals surface area contributed by atoms with Crippen molar-refractivity contribution < 1.29 is 14.0 Å². The fourth-order valence-electron chi connectivity index (χ4n) is 3.08. The van der Waals surface area contributed by atoms with E-state index < -0.39 is 19.5 Å². The van der Waals surface area contributed by atoms with Gasteiger partial charge in [0.25, 0.3) is 0 Å².